The van der Waals surface area contributed by atoms with Gasteiger partial charge in [-0.25, -0.2) is 4.79 Å². The molecule has 0 bridgehead atoms. The fraction of sp³-hybridized carbons (Fsp3) is 0.438. The van der Waals surface area contributed by atoms with Crippen molar-refractivity contribution in [2.75, 3.05) is 30.8 Å². The Labute approximate surface area is 138 Å². The number of nitrogens with one attached hydrogen (secondary N) is 1. The van der Waals surface area contributed by atoms with E-state index in [-0.39, 0.29) is 18.4 Å². The Balaban J connectivity index is 1.59. The van der Waals surface area contributed by atoms with Gasteiger partial charge in [-0.3, -0.25) is 9.59 Å². The molecule has 2 heterocycles. The number of nitrogens with zero attached hydrogens (tertiary/aromatic N) is 1. The molecule has 0 aromatic heterocycles. The first kappa shape index (κ1) is 15.9. The molecule has 0 atom stereocenters. The fourth-order valence-corrected chi connectivity index (χ4v) is 3.44. The molecule has 2 aliphatic rings. The van der Waals surface area contributed by atoms with Crippen LogP contribution in [0.2, 0.25) is 0 Å². The Morgan fingerprint density at radius 1 is 1.22 bits per heavy atom. The van der Waals surface area contributed by atoms with Gasteiger partial charge in [0.2, 0.25) is 5.91 Å². The van der Waals surface area contributed by atoms with Crippen LogP contribution in [0.5, 0.6) is 0 Å². The van der Waals surface area contributed by atoms with E-state index in [2.05, 4.69) is 5.32 Å². The van der Waals surface area contributed by atoms with Crippen molar-refractivity contribution in [1.82, 2.24) is 4.90 Å². The van der Waals surface area contributed by atoms with Crippen LogP contribution < -0.4 is 5.32 Å². The Morgan fingerprint density at radius 3 is 2.78 bits per heavy atom. The van der Waals surface area contributed by atoms with E-state index in [0.717, 1.165) is 37.2 Å². The third-order valence-corrected chi connectivity index (χ3v) is 4.96. The molecule has 6 nitrogen and oxygen atoms in total. The Bertz CT molecular complexity index is 641. The second kappa shape index (κ2) is 7.04. The van der Waals surface area contributed by atoms with Gasteiger partial charge < -0.3 is 15.0 Å². The number of amides is 2. The molecule has 0 radical (unpaired) electrons. The zero-order chi connectivity index (χ0) is 16.2. The van der Waals surface area contributed by atoms with Gasteiger partial charge in [0.25, 0.3) is 5.91 Å². The minimum atomic E-state index is -0.553. The maximum absolute atomic E-state index is 12.1. The maximum Gasteiger partial charge on any atom is 0.338 e. The van der Waals surface area contributed by atoms with Crippen molar-refractivity contribution in [2.24, 2.45) is 0 Å². The largest absolute Gasteiger partial charge is 0.452 e. The molecular formula is C16H18N2O4S. The molecule has 7 heteroatoms. The van der Waals surface area contributed by atoms with Crippen LogP contribution >= 0.6 is 11.8 Å². The number of anilines is 1. The molecule has 1 aromatic carbocycles. The van der Waals surface area contributed by atoms with Gasteiger partial charge in [-0.05, 0) is 37.5 Å². The van der Waals surface area contributed by atoms with Crippen molar-refractivity contribution in [2.45, 2.75) is 24.2 Å². The predicted octanol–water partition coefficient (Wildman–Crippen LogP) is 1.90. The lowest BCUT2D eigenvalue weighted by molar-refractivity contribution is -0.135. The number of thioether (sulfide) groups is 1. The van der Waals surface area contributed by atoms with Gasteiger partial charge in [0.05, 0.1) is 17.0 Å². The van der Waals surface area contributed by atoms with E-state index in [1.165, 1.54) is 11.8 Å². The molecule has 2 aliphatic heterocycles. The lowest BCUT2D eigenvalue weighted by Crippen LogP contribution is -2.38. The van der Waals surface area contributed by atoms with E-state index < -0.39 is 5.97 Å². The minimum absolute atomic E-state index is 0.0895. The van der Waals surface area contributed by atoms with Gasteiger partial charge in [0, 0.05) is 18.0 Å². The molecule has 2 amide bonds. The van der Waals surface area contributed by atoms with Crippen molar-refractivity contribution in [3.05, 3.63) is 23.8 Å². The first-order chi connectivity index (χ1) is 11.1. The number of carbonyl (C=O) groups excluding carboxylic acids is 3. The molecule has 3 rings (SSSR count). The molecule has 1 fully saturated rings. The van der Waals surface area contributed by atoms with E-state index in [0.29, 0.717) is 17.0 Å². The van der Waals surface area contributed by atoms with Gasteiger partial charge in [0.1, 0.15) is 0 Å². The van der Waals surface area contributed by atoms with Gasteiger partial charge in [-0.15, -0.1) is 11.8 Å². The maximum atomic E-state index is 12.1. The summed E-state index contributed by atoms with van der Waals surface area (Å²) in [5, 5.41) is 2.73. The van der Waals surface area contributed by atoms with Crippen LogP contribution in [0.25, 0.3) is 0 Å². The third kappa shape index (κ3) is 3.85. The molecular weight excluding hydrogens is 316 g/mol. The minimum Gasteiger partial charge on any atom is -0.452 e. The highest BCUT2D eigenvalue weighted by Crippen LogP contribution is 2.32. The number of fused-ring (bicyclic) bond motifs is 1. The number of ether oxygens (including phenoxy) is 1. The highest BCUT2D eigenvalue weighted by Gasteiger charge is 2.20. The van der Waals surface area contributed by atoms with Crippen LogP contribution in [-0.4, -0.2) is 48.1 Å². The van der Waals surface area contributed by atoms with E-state index in [1.54, 1.807) is 23.1 Å². The van der Waals surface area contributed by atoms with Gasteiger partial charge in [0.15, 0.2) is 6.61 Å². The van der Waals surface area contributed by atoms with E-state index in [9.17, 15) is 14.4 Å². The molecule has 122 valence electrons. The van der Waals surface area contributed by atoms with E-state index >= 15 is 0 Å². The number of rotatable bonds is 3. The summed E-state index contributed by atoms with van der Waals surface area (Å²) in [6, 6.07) is 5.02. The summed E-state index contributed by atoms with van der Waals surface area (Å²) < 4.78 is 5.11. The van der Waals surface area contributed by atoms with Gasteiger partial charge in [-0.1, -0.05) is 0 Å². The first-order valence-electron chi connectivity index (χ1n) is 7.65. The predicted molar refractivity (Wildman–Crippen MR) is 86.5 cm³/mol. The lowest BCUT2D eigenvalue weighted by Gasteiger charge is -2.26. The number of piperidine rings is 1. The summed E-state index contributed by atoms with van der Waals surface area (Å²) in [5.41, 5.74) is 0.945. The summed E-state index contributed by atoms with van der Waals surface area (Å²) in [5.74, 6) is -0.419. The first-order valence-corrected chi connectivity index (χ1v) is 8.63. The quantitative estimate of drug-likeness (QED) is 0.855. The zero-order valence-corrected chi connectivity index (χ0v) is 13.5. The number of hydrogen-bond donors (Lipinski definition) is 1. The molecule has 1 N–H and O–H groups in total. The normalized spacial score (nSPS) is 17.2. The number of hydrogen-bond acceptors (Lipinski definition) is 5. The second-order valence-corrected chi connectivity index (χ2v) is 6.58. The Kier molecular flexibility index (Phi) is 4.85. The average molecular weight is 334 g/mol. The summed E-state index contributed by atoms with van der Waals surface area (Å²) in [7, 11) is 0. The van der Waals surface area contributed by atoms with Gasteiger partial charge >= 0.3 is 5.97 Å². The van der Waals surface area contributed by atoms with Crippen LogP contribution in [0.3, 0.4) is 0 Å². The zero-order valence-electron chi connectivity index (χ0n) is 12.7. The van der Waals surface area contributed by atoms with Crippen molar-refractivity contribution in [3.63, 3.8) is 0 Å². The molecule has 23 heavy (non-hydrogen) atoms. The van der Waals surface area contributed by atoms with E-state index in [1.807, 2.05) is 0 Å². The Morgan fingerprint density at radius 2 is 2.00 bits per heavy atom. The SMILES string of the molecule is O=C1CSc2ccc(C(=O)OCC(=O)N3CCCCC3)cc2N1. The smallest absolute Gasteiger partial charge is 0.338 e. The van der Waals surface area contributed by atoms with Crippen LogP contribution in [0.4, 0.5) is 5.69 Å². The van der Waals surface area contributed by atoms with Crippen molar-refractivity contribution in [1.29, 1.82) is 0 Å². The summed E-state index contributed by atoms with van der Waals surface area (Å²) in [6.45, 7) is 1.23. The summed E-state index contributed by atoms with van der Waals surface area (Å²) in [6.07, 6.45) is 3.15. The second-order valence-electron chi connectivity index (χ2n) is 5.57. The summed E-state index contributed by atoms with van der Waals surface area (Å²) in [4.78, 5) is 38.1. The topological polar surface area (TPSA) is 75.7 Å². The van der Waals surface area contributed by atoms with Crippen molar-refractivity contribution < 1.29 is 19.1 Å². The van der Waals surface area contributed by atoms with Crippen molar-refractivity contribution >= 4 is 35.2 Å². The third-order valence-electron chi connectivity index (χ3n) is 3.88. The van der Waals surface area contributed by atoms with Crippen LogP contribution in [0.1, 0.15) is 29.6 Å². The number of esters is 1. The molecule has 0 saturated carbocycles. The lowest BCUT2D eigenvalue weighted by atomic mass is 10.1. The van der Waals surface area contributed by atoms with Crippen LogP contribution in [-0.2, 0) is 14.3 Å². The fourth-order valence-electron chi connectivity index (χ4n) is 2.66. The van der Waals surface area contributed by atoms with E-state index in [4.69, 9.17) is 4.74 Å². The number of likely N-dealkylation sites (tertiary alicyclic amines) is 1. The molecule has 1 saturated heterocycles. The monoisotopic (exact) mass is 334 g/mol. The molecule has 0 unspecified atom stereocenters. The molecule has 0 spiro atoms. The number of carbonyl (C=O) groups is 3. The van der Waals surface area contributed by atoms with Crippen molar-refractivity contribution in [3.8, 4) is 0 Å². The molecule has 0 aliphatic carbocycles. The highest BCUT2D eigenvalue weighted by molar-refractivity contribution is 8.00. The van der Waals surface area contributed by atoms with Crippen LogP contribution in [0.15, 0.2) is 23.1 Å². The van der Waals surface area contributed by atoms with Crippen LogP contribution in [0, 0.1) is 0 Å². The standard InChI is InChI=1S/C16H18N2O4S/c19-14-10-23-13-5-4-11(8-12(13)17-14)16(21)22-9-15(20)18-6-2-1-3-7-18/h4-5,8H,1-3,6-7,9-10H2,(H,17,19). The number of benzene rings is 1. The Hall–Kier alpha value is -2.02. The average Bonchev–Trinajstić information content (AvgIpc) is 2.59. The van der Waals surface area contributed by atoms with Gasteiger partial charge in [-0.2, -0.15) is 0 Å². The summed E-state index contributed by atoms with van der Waals surface area (Å²) >= 11 is 1.43. The highest BCUT2D eigenvalue weighted by atomic mass is 32.2. The molecule has 1 aromatic rings.